The lowest BCUT2D eigenvalue weighted by atomic mass is 9.96. The lowest BCUT2D eigenvalue weighted by molar-refractivity contribution is -0.142. The van der Waals surface area contributed by atoms with Gasteiger partial charge in [-0.25, -0.2) is 9.59 Å². The summed E-state index contributed by atoms with van der Waals surface area (Å²) >= 11 is 0. The Morgan fingerprint density at radius 1 is 0.902 bits per heavy atom. The summed E-state index contributed by atoms with van der Waals surface area (Å²) in [5.41, 5.74) is 0.964. The summed E-state index contributed by atoms with van der Waals surface area (Å²) in [5, 5.41) is 11.2. The molecule has 1 aliphatic heterocycles. The molecule has 1 heterocycles. The molecule has 1 saturated heterocycles. The lowest BCUT2D eigenvalue weighted by Gasteiger charge is -2.32. The van der Waals surface area contributed by atoms with E-state index in [-0.39, 0.29) is 37.2 Å². The summed E-state index contributed by atoms with van der Waals surface area (Å²) in [6.07, 6.45) is 1.76. The smallest absolute Gasteiger partial charge is 0.408 e. The van der Waals surface area contributed by atoms with Crippen LogP contribution in [0.3, 0.4) is 0 Å². The van der Waals surface area contributed by atoms with Crippen LogP contribution in [-0.4, -0.2) is 66.2 Å². The Balaban J connectivity index is 1.76. The van der Waals surface area contributed by atoms with Crippen LogP contribution in [0.4, 0.5) is 4.79 Å². The van der Waals surface area contributed by atoms with Gasteiger partial charge in [0.2, 0.25) is 17.7 Å². The minimum Gasteiger partial charge on any atom is -0.455 e. The van der Waals surface area contributed by atoms with Crippen LogP contribution in [0.25, 0.3) is 0 Å². The molecule has 0 radical (unpaired) electrons. The van der Waals surface area contributed by atoms with E-state index in [1.165, 1.54) is 12.2 Å². The second-order valence-electron chi connectivity index (χ2n) is 14.3. The molecule has 4 amide bonds. The average Bonchev–Trinajstić information content (AvgIpc) is 3.48. The first kappa shape index (κ1) is 40.7. The van der Waals surface area contributed by atoms with Crippen molar-refractivity contribution in [3.05, 3.63) is 83.9 Å². The molecule has 0 aliphatic carbocycles. The molecular formula is C39H54N4O8. The van der Waals surface area contributed by atoms with Gasteiger partial charge in [0.15, 0.2) is 0 Å². The normalized spacial score (nSPS) is 17.5. The third-order valence-electron chi connectivity index (χ3n) is 8.17. The zero-order valence-corrected chi connectivity index (χ0v) is 30.8. The third-order valence-corrected chi connectivity index (χ3v) is 8.17. The summed E-state index contributed by atoms with van der Waals surface area (Å²) in [6.45, 7) is 13.3. The van der Waals surface area contributed by atoms with E-state index in [0.717, 1.165) is 11.1 Å². The molecule has 2 unspecified atom stereocenters. The monoisotopic (exact) mass is 706 g/mol. The van der Waals surface area contributed by atoms with E-state index >= 15 is 0 Å². The summed E-state index contributed by atoms with van der Waals surface area (Å²) in [4.78, 5) is 65.8. The number of hydrogen-bond acceptors (Lipinski definition) is 8. The standard InChI is InChI=1S/C39H54N4O8/c1-25(2)22-32(42-37(47)34(27(4)51-39(5,6)7)43-38(48)49-24-28-14-10-8-11-15-28)36(46)41-31(23-30-20-21-40-35(30)45)18-19-33(44)50-26(3)29-16-12-9-13-17-29/h8-19,25-27,30-32,34H,20-24H2,1-7H3,(H,40,45)(H,41,46)(H,42,47)(H,43,48)/b19-18+/t26?,27?,30-,31+,32-,34-/m0/s1. The van der Waals surface area contributed by atoms with E-state index < -0.39 is 59.8 Å². The second kappa shape index (κ2) is 19.6. The van der Waals surface area contributed by atoms with E-state index in [1.54, 1.807) is 13.8 Å². The van der Waals surface area contributed by atoms with Crippen molar-refractivity contribution < 1.29 is 38.2 Å². The van der Waals surface area contributed by atoms with Gasteiger partial charge in [0.25, 0.3) is 0 Å². The quantitative estimate of drug-likeness (QED) is 0.134. The van der Waals surface area contributed by atoms with Gasteiger partial charge in [-0.05, 0) is 70.9 Å². The van der Waals surface area contributed by atoms with Gasteiger partial charge in [0.05, 0.1) is 11.7 Å². The molecule has 12 heteroatoms. The molecule has 0 saturated carbocycles. The summed E-state index contributed by atoms with van der Waals surface area (Å²) in [6, 6.07) is 15.5. The molecule has 0 aromatic heterocycles. The predicted octanol–water partition coefficient (Wildman–Crippen LogP) is 4.89. The molecule has 1 fully saturated rings. The number of rotatable bonds is 17. The number of benzene rings is 2. The SMILES string of the molecule is CC(C)C[C@H](NC(=O)[C@@H](NC(=O)OCc1ccccc1)C(C)OC(C)(C)C)C(=O)N[C@H](/C=C/C(=O)OC(C)c1ccccc1)C[C@@H]1CCNC1=O. The molecule has 278 valence electrons. The Morgan fingerprint density at radius 2 is 1.55 bits per heavy atom. The van der Waals surface area contributed by atoms with Crippen LogP contribution in [0.15, 0.2) is 72.8 Å². The Hall–Kier alpha value is -4.71. The number of alkyl carbamates (subject to hydrolysis) is 1. The van der Waals surface area contributed by atoms with Gasteiger partial charge >= 0.3 is 12.1 Å². The molecule has 4 N–H and O–H groups in total. The average molecular weight is 707 g/mol. The number of esters is 1. The number of nitrogens with one attached hydrogen (secondary N) is 4. The Morgan fingerprint density at radius 3 is 2.14 bits per heavy atom. The Bertz CT molecular complexity index is 1480. The minimum atomic E-state index is -1.20. The Labute approximate surface area is 301 Å². The minimum absolute atomic E-state index is 0.000531. The highest BCUT2D eigenvalue weighted by Crippen LogP contribution is 2.20. The summed E-state index contributed by atoms with van der Waals surface area (Å²) < 4.78 is 17.0. The highest BCUT2D eigenvalue weighted by atomic mass is 16.6. The van der Waals surface area contributed by atoms with Crippen molar-refractivity contribution in [1.29, 1.82) is 0 Å². The van der Waals surface area contributed by atoms with E-state index in [9.17, 15) is 24.0 Å². The zero-order chi connectivity index (χ0) is 37.6. The molecule has 2 aromatic carbocycles. The maximum atomic E-state index is 13.9. The van der Waals surface area contributed by atoms with Crippen LogP contribution in [0.1, 0.15) is 85.0 Å². The van der Waals surface area contributed by atoms with Gasteiger partial charge in [0.1, 0.15) is 24.8 Å². The van der Waals surface area contributed by atoms with Gasteiger partial charge in [0, 0.05) is 24.6 Å². The van der Waals surface area contributed by atoms with Crippen LogP contribution in [-0.2, 0) is 40.0 Å². The van der Waals surface area contributed by atoms with E-state index in [0.29, 0.717) is 13.0 Å². The molecule has 0 spiro atoms. The first-order valence-electron chi connectivity index (χ1n) is 17.6. The van der Waals surface area contributed by atoms with Crippen molar-refractivity contribution >= 4 is 29.8 Å². The van der Waals surface area contributed by atoms with Gasteiger partial charge < -0.3 is 35.5 Å². The fourth-order valence-corrected chi connectivity index (χ4v) is 5.72. The maximum Gasteiger partial charge on any atom is 0.408 e. The molecule has 0 bridgehead atoms. The molecule has 2 aromatic rings. The van der Waals surface area contributed by atoms with Crippen molar-refractivity contribution in [1.82, 2.24) is 21.3 Å². The first-order valence-corrected chi connectivity index (χ1v) is 17.6. The van der Waals surface area contributed by atoms with E-state index in [4.69, 9.17) is 14.2 Å². The molecule has 6 atom stereocenters. The van der Waals surface area contributed by atoms with Crippen molar-refractivity contribution in [2.45, 2.75) is 110 Å². The van der Waals surface area contributed by atoms with Crippen molar-refractivity contribution in [2.75, 3.05) is 6.54 Å². The number of ether oxygens (including phenoxy) is 3. The van der Waals surface area contributed by atoms with Gasteiger partial charge in [-0.2, -0.15) is 0 Å². The highest BCUT2D eigenvalue weighted by Gasteiger charge is 2.35. The largest absolute Gasteiger partial charge is 0.455 e. The molecule has 3 rings (SSSR count). The second-order valence-corrected chi connectivity index (χ2v) is 14.3. The zero-order valence-electron chi connectivity index (χ0n) is 30.8. The van der Waals surface area contributed by atoms with Crippen LogP contribution >= 0.6 is 0 Å². The number of carbonyl (C=O) groups is 5. The lowest BCUT2D eigenvalue weighted by Crippen LogP contribution is -2.59. The predicted molar refractivity (Wildman–Crippen MR) is 193 cm³/mol. The summed E-state index contributed by atoms with van der Waals surface area (Å²) in [7, 11) is 0. The van der Waals surface area contributed by atoms with Gasteiger partial charge in [-0.15, -0.1) is 0 Å². The maximum absolute atomic E-state index is 13.9. The van der Waals surface area contributed by atoms with Crippen LogP contribution in [0.2, 0.25) is 0 Å². The topological polar surface area (TPSA) is 161 Å². The fraction of sp³-hybridized carbons (Fsp3) is 0.513. The highest BCUT2D eigenvalue weighted by molar-refractivity contribution is 5.92. The van der Waals surface area contributed by atoms with Crippen LogP contribution < -0.4 is 21.3 Å². The van der Waals surface area contributed by atoms with E-state index in [1.807, 2.05) is 95.3 Å². The van der Waals surface area contributed by atoms with Crippen LogP contribution in [0, 0.1) is 11.8 Å². The fourth-order valence-electron chi connectivity index (χ4n) is 5.72. The number of amides is 4. The van der Waals surface area contributed by atoms with Crippen molar-refractivity contribution in [3.8, 4) is 0 Å². The molecule has 51 heavy (non-hydrogen) atoms. The van der Waals surface area contributed by atoms with E-state index in [2.05, 4.69) is 21.3 Å². The summed E-state index contributed by atoms with van der Waals surface area (Å²) in [5.74, 6) is -2.25. The Kier molecular flexibility index (Phi) is 15.7. The molecule has 12 nitrogen and oxygen atoms in total. The molecular weight excluding hydrogens is 652 g/mol. The third kappa shape index (κ3) is 14.6. The van der Waals surface area contributed by atoms with Gasteiger partial charge in [-0.3, -0.25) is 14.4 Å². The van der Waals surface area contributed by atoms with Gasteiger partial charge in [-0.1, -0.05) is 80.6 Å². The van der Waals surface area contributed by atoms with Crippen LogP contribution in [0.5, 0.6) is 0 Å². The number of carbonyl (C=O) groups excluding carboxylic acids is 5. The number of hydrogen-bond donors (Lipinski definition) is 4. The van der Waals surface area contributed by atoms with Crippen molar-refractivity contribution in [2.24, 2.45) is 11.8 Å². The van der Waals surface area contributed by atoms with Crippen molar-refractivity contribution in [3.63, 3.8) is 0 Å². The molecule has 1 aliphatic rings. The first-order chi connectivity index (χ1) is 24.1.